The Balaban J connectivity index is 1.78. The molecule has 1 aliphatic heterocycles. The molecule has 1 aliphatic rings. The first-order valence-electron chi connectivity index (χ1n) is 6.58. The molecule has 0 saturated carbocycles. The number of nitrogens with zero attached hydrogens (tertiary/aromatic N) is 2. The van der Waals surface area contributed by atoms with E-state index < -0.39 is 0 Å². The Morgan fingerprint density at radius 3 is 3.12 bits per heavy atom. The van der Waals surface area contributed by atoms with Gasteiger partial charge in [0, 0.05) is 18.8 Å². The van der Waals surface area contributed by atoms with Crippen molar-refractivity contribution >= 4 is 0 Å². The van der Waals surface area contributed by atoms with Crippen molar-refractivity contribution in [1.82, 2.24) is 15.2 Å². The highest BCUT2D eigenvalue weighted by molar-refractivity contribution is 5.07. The van der Waals surface area contributed by atoms with E-state index in [1.807, 2.05) is 12.3 Å². The molecule has 1 saturated heterocycles. The number of piperidine rings is 1. The summed E-state index contributed by atoms with van der Waals surface area (Å²) in [5.74, 6) is 0.792. The van der Waals surface area contributed by atoms with Crippen molar-refractivity contribution < 1.29 is 0 Å². The monoisotopic (exact) mass is 233 g/mol. The maximum Gasteiger partial charge on any atom is 0.0570 e. The summed E-state index contributed by atoms with van der Waals surface area (Å²) in [5, 5.41) is 3.60. The Kier molecular flexibility index (Phi) is 4.51. The van der Waals surface area contributed by atoms with Crippen molar-refractivity contribution in [3.8, 4) is 0 Å². The smallest absolute Gasteiger partial charge is 0.0570 e. The first-order valence-corrected chi connectivity index (χ1v) is 6.58. The van der Waals surface area contributed by atoms with Gasteiger partial charge in [-0.3, -0.25) is 4.98 Å². The third kappa shape index (κ3) is 3.79. The molecule has 0 aromatic carbocycles. The van der Waals surface area contributed by atoms with Gasteiger partial charge < -0.3 is 10.2 Å². The van der Waals surface area contributed by atoms with E-state index in [0.717, 1.165) is 18.2 Å². The minimum atomic E-state index is 0.350. The zero-order chi connectivity index (χ0) is 12.1. The van der Waals surface area contributed by atoms with Crippen LogP contribution in [0.3, 0.4) is 0 Å². The fraction of sp³-hybridized carbons (Fsp3) is 0.643. The Labute approximate surface area is 104 Å². The summed E-state index contributed by atoms with van der Waals surface area (Å²) in [5.41, 5.74) is 1.14. The van der Waals surface area contributed by atoms with E-state index in [0.29, 0.717) is 6.04 Å². The summed E-state index contributed by atoms with van der Waals surface area (Å²) in [6, 6.07) is 6.45. The maximum atomic E-state index is 4.38. The van der Waals surface area contributed by atoms with Gasteiger partial charge >= 0.3 is 0 Å². The minimum Gasteiger partial charge on any atom is -0.309 e. The third-order valence-corrected chi connectivity index (χ3v) is 3.57. The molecule has 0 spiro atoms. The first kappa shape index (κ1) is 12.5. The summed E-state index contributed by atoms with van der Waals surface area (Å²) in [6.45, 7) is 5.77. The lowest BCUT2D eigenvalue weighted by Gasteiger charge is -2.30. The van der Waals surface area contributed by atoms with Gasteiger partial charge in [0.25, 0.3) is 0 Å². The van der Waals surface area contributed by atoms with E-state index in [4.69, 9.17) is 0 Å². The molecule has 1 N–H and O–H groups in total. The van der Waals surface area contributed by atoms with Crippen LogP contribution in [0.4, 0.5) is 0 Å². The first-order chi connectivity index (χ1) is 8.25. The second-order valence-corrected chi connectivity index (χ2v) is 5.16. The molecule has 3 heteroatoms. The van der Waals surface area contributed by atoms with Crippen molar-refractivity contribution in [1.29, 1.82) is 0 Å². The molecule has 1 fully saturated rings. The van der Waals surface area contributed by atoms with Crippen molar-refractivity contribution in [3.05, 3.63) is 30.1 Å². The fourth-order valence-corrected chi connectivity index (χ4v) is 2.52. The second kappa shape index (κ2) is 6.12. The summed E-state index contributed by atoms with van der Waals surface area (Å²) >= 11 is 0. The van der Waals surface area contributed by atoms with Gasteiger partial charge in [-0.15, -0.1) is 0 Å². The number of pyridine rings is 1. The van der Waals surface area contributed by atoms with E-state index in [1.165, 1.54) is 25.9 Å². The molecule has 0 bridgehead atoms. The maximum absolute atomic E-state index is 4.38. The molecule has 2 atom stereocenters. The molecule has 17 heavy (non-hydrogen) atoms. The average Bonchev–Trinajstić information content (AvgIpc) is 2.37. The number of rotatable bonds is 4. The van der Waals surface area contributed by atoms with Gasteiger partial charge in [0.05, 0.1) is 5.69 Å². The van der Waals surface area contributed by atoms with Crippen LogP contribution >= 0.6 is 0 Å². The predicted molar refractivity (Wildman–Crippen MR) is 70.9 cm³/mol. The predicted octanol–water partition coefficient (Wildman–Crippen LogP) is 2.07. The van der Waals surface area contributed by atoms with Crippen LogP contribution in [0.25, 0.3) is 0 Å². The van der Waals surface area contributed by atoms with E-state index in [2.05, 4.69) is 41.3 Å². The van der Waals surface area contributed by atoms with Crippen LogP contribution in [0.15, 0.2) is 24.4 Å². The molecule has 0 aliphatic carbocycles. The van der Waals surface area contributed by atoms with E-state index in [-0.39, 0.29) is 0 Å². The fourth-order valence-electron chi connectivity index (χ4n) is 2.52. The lowest BCUT2D eigenvalue weighted by atomic mass is 9.98. The van der Waals surface area contributed by atoms with Crippen molar-refractivity contribution in [3.63, 3.8) is 0 Å². The number of hydrogen-bond donors (Lipinski definition) is 1. The largest absolute Gasteiger partial charge is 0.309 e. The molecule has 94 valence electrons. The third-order valence-electron chi connectivity index (χ3n) is 3.57. The molecule has 1 aromatic heterocycles. The van der Waals surface area contributed by atoms with E-state index in [9.17, 15) is 0 Å². The quantitative estimate of drug-likeness (QED) is 0.863. The second-order valence-electron chi connectivity index (χ2n) is 5.16. The van der Waals surface area contributed by atoms with Gasteiger partial charge in [-0.1, -0.05) is 6.07 Å². The zero-order valence-corrected chi connectivity index (χ0v) is 10.9. The number of hydrogen-bond acceptors (Lipinski definition) is 3. The van der Waals surface area contributed by atoms with Crippen molar-refractivity contribution in [2.24, 2.45) is 5.92 Å². The molecule has 0 radical (unpaired) electrons. The summed E-state index contributed by atoms with van der Waals surface area (Å²) < 4.78 is 0. The van der Waals surface area contributed by atoms with Crippen LogP contribution in [0.2, 0.25) is 0 Å². The molecule has 2 heterocycles. The van der Waals surface area contributed by atoms with Gasteiger partial charge in [0.15, 0.2) is 0 Å². The van der Waals surface area contributed by atoms with Gasteiger partial charge in [-0.2, -0.15) is 0 Å². The molecular weight excluding hydrogens is 210 g/mol. The van der Waals surface area contributed by atoms with Crippen LogP contribution in [-0.4, -0.2) is 36.6 Å². The Hall–Kier alpha value is -0.930. The summed E-state index contributed by atoms with van der Waals surface area (Å²) in [4.78, 5) is 6.82. The van der Waals surface area contributed by atoms with Gasteiger partial charge in [0.1, 0.15) is 0 Å². The van der Waals surface area contributed by atoms with Crippen LogP contribution in [0.5, 0.6) is 0 Å². The highest BCUT2D eigenvalue weighted by Crippen LogP contribution is 2.16. The van der Waals surface area contributed by atoms with Crippen LogP contribution < -0.4 is 5.32 Å². The Morgan fingerprint density at radius 1 is 1.53 bits per heavy atom. The van der Waals surface area contributed by atoms with Crippen molar-refractivity contribution in [2.45, 2.75) is 25.8 Å². The molecule has 1 aromatic rings. The molecule has 0 amide bonds. The Morgan fingerprint density at radius 2 is 2.41 bits per heavy atom. The normalized spacial score (nSPS) is 23.5. The SMILES string of the molecule is CC(NCC1CCCN(C)C1)c1ccccn1. The van der Waals surface area contributed by atoms with Crippen LogP contribution in [0.1, 0.15) is 31.5 Å². The standard InChI is InChI=1S/C14H23N3/c1-12(14-7-3-4-8-15-14)16-10-13-6-5-9-17(2)11-13/h3-4,7-8,12-13,16H,5-6,9-11H2,1-2H3. The summed E-state index contributed by atoms with van der Waals surface area (Å²) in [7, 11) is 2.22. The highest BCUT2D eigenvalue weighted by atomic mass is 15.1. The molecule has 2 unspecified atom stereocenters. The Bertz CT molecular complexity index is 325. The topological polar surface area (TPSA) is 28.2 Å². The number of likely N-dealkylation sites (tertiary alicyclic amines) is 1. The van der Waals surface area contributed by atoms with Gasteiger partial charge in [-0.05, 0) is 58.0 Å². The lowest BCUT2D eigenvalue weighted by Crippen LogP contribution is -2.38. The van der Waals surface area contributed by atoms with Crippen LogP contribution in [-0.2, 0) is 0 Å². The highest BCUT2D eigenvalue weighted by Gasteiger charge is 2.17. The van der Waals surface area contributed by atoms with Gasteiger partial charge in [-0.25, -0.2) is 0 Å². The minimum absolute atomic E-state index is 0.350. The van der Waals surface area contributed by atoms with Crippen molar-refractivity contribution in [2.75, 3.05) is 26.7 Å². The molecular formula is C14H23N3. The molecule has 2 rings (SSSR count). The zero-order valence-electron chi connectivity index (χ0n) is 10.9. The number of aromatic nitrogens is 1. The average molecular weight is 233 g/mol. The summed E-state index contributed by atoms with van der Waals surface area (Å²) in [6.07, 6.45) is 4.55. The number of nitrogens with one attached hydrogen (secondary N) is 1. The molecule has 3 nitrogen and oxygen atoms in total. The van der Waals surface area contributed by atoms with Gasteiger partial charge in [0.2, 0.25) is 0 Å². The lowest BCUT2D eigenvalue weighted by molar-refractivity contribution is 0.203. The van der Waals surface area contributed by atoms with Crippen LogP contribution in [0, 0.1) is 5.92 Å². The van der Waals surface area contributed by atoms with E-state index >= 15 is 0 Å². The van der Waals surface area contributed by atoms with E-state index in [1.54, 1.807) is 0 Å².